The van der Waals surface area contributed by atoms with Gasteiger partial charge in [0.05, 0.1) is 17.9 Å². The Balaban J connectivity index is 2.13. The Morgan fingerprint density at radius 3 is 2.87 bits per heavy atom. The summed E-state index contributed by atoms with van der Waals surface area (Å²) < 4.78 is 0. The average Bonchev–Trinajstić information content (AvgIpc) is 2.82. The van der Waals surface area contributed by atoms with E-state index in [4.69, 9.17) is 5.11 Å². The molecule has 1 amide bonds. The predicted octanol–water partition coefficient (Wildman–Crippen LogP) is 3.43. The van der Waals surface area contributed by atoms with Gasteiger partial charge in [0.25, 0.3) is 0 Å². The zero-order valence-corrected chi connectivity index (χ0v) is 15.6. The summed E-state index contributed by atoms with van der Waals surface area (Å²) in [6, 6.07) is 2.28. The second-order valence-electron chi connectivity index (χ2n) is 6.95. The van der Waals surface area contributed by atoms with Crippen LogP contribution in [0.2, 0.25) is 0 Å². The minimum absolute atomic E-state index is 0.0723. The lowest BCUT2D eigenvalue weighted by molar-refractivity contribution is -0.113. The standard InChI is InChI=1S/C17H24N2O2S2/c1-17(2,3)11-4-5-12-13(9-18)16(23-14(12)8-11)19-15(21)10-22-7-6-20/h11,20H,4-8,10H2,1-3H3,(H,19,21). The largest absolute Gasteiger partial charge is 0.396 e. The first kappa shape index (κ1) is 18.3. The fraction of sp³-hybridized carbons (Fsp3) is 0.647. The number of amides is 1. The zero-order valence-electron chi connectivity index (χ0n) is 13.9. The van der Waals surface area contributed by atoms with E-state index in [1.807, 2.05) is 0 Å². The Labute approximate surface area is 146 Å². The van der Waals surface area contributed by atoms with Crippen LogP contribution in [-0.2, 0) is 17.6 Å². The second-order valence-corrected chi connectivity index (χ2v) is 9.16. The van der Waals surface area contributed by atoms with Gasteiger partial charge in [0, 0.05) is 10.6 Å². The predicted molar refractivity (Wildman–Crippen MR) is 97.0 cm³/mol. The molecule has 1 unspecified atom stereocenters. The van der Waals surface area contributed by atoms with E-state index in [1.165, 1.54) is 16.6 Å². The number of thiophene rings is 1. The summed E-state index contributed by atoms with van der Waals surface area (Å²) in [6.07, 6.45) is 3.01. The molecule has 0 saturated heterocycles. The summed E-state index contributed by atoms with van der Waals surface area (Å²) in [7, 11) is 0. The number of nitrogens with zero attached hydrogens (tertiary/aromatic N) is 1. The first-order valence-electron chi connectivity index (χ1n) is 7.90. The molecule has 0 fully saturated rings. The van der Waals surface area contributed by atoms with E-state index in [0.717, 1.165) is 24.8 Å². The van der Waals surface area contributed by atoms with Crippen molar-refractivity contribution in [3.63, 3.8) is 0 Å². The number of thioether (sulfide) groups is 1. The van der Waals surface area contributed by atoms with Crippen LogP contribution in [0.4, 0.5) is 5.00 Å². The zero-order chi connectivity index (χ0) is 17.0. The summed E-state index contributed by atoms with van der Waals surface area (Å²) >= 11 is 2.95. The minimum atomic E-state index is -0.106. The number of carbonyl (C=O) groups excluding carboxylic acids is 1. The van der Waals surface area contributed by atoms with E-state index >= 15 is 0 Å². The van der Waals surface area contributed by atoms with Gasteiger partial charge in [-0.15, -0.1) is 23.1 Å². The number of anilines is 1. The van der Waals surface area contributed by atoms with Crippen LogP contribution < -0.4 is 5.32 Å². The van der Waals surface area contributed by atoms with E-state index < -0.39 is 0 Å². The van der Waals surface area contributed by atoms with Crippen LogP contribution in [0, 0.1) is 22.7 Å². The van der Waals surface area contributed by atoms with Crippen molar-refractivity contribution in [1.29, 1.82) is 5.26 Å². The van der Waals surface area contributed by atoms with Crippen molar-refractivity contribution < 1.29 is 9.90 Å². The van der Waals surface area contributed by atoms with E-state index in [-0.39, 0.29) is 17.9 Å². The number of rotatable bonds is 5. The number of nitriles is 1. The molecular weight excluding hydrogens is 328 g/mol. The molecule has 1 aliphatic carbocycles. The Hall–Kier alpha value is -1.03. The van der Waals surface area contributed by atoms with Crippen molar-refractivity contribution in [2.75, 3.05) is 23.4 Å². The average molecular weight is 353 g/mol. The van der Waals surface area contributed by atoms with Crippen molar-refractivity contribution in [2.24, 2.45) is 11.3 Å². The lowest BCUT2D eigenvalue weighted by Gasteiger charge is -2.33. The van der Waals surface area contributed by atoms with Crippen molar-refractivity contribution in [1.82, 2.24) is 0 Å². The van der Waals surface area contributed by atoms with Crippen molar-refractivity contribution in [3.8, 4) is 6.07 Å². The molecule has 1 aromatic heterocycles. The van der Waals surface area contributed by atoms with Crippen LogP contribution in [0.3, 0.4) is 0 Å². The Bertz CT molecular complexity index is 611. The molecule has 2 rings (SSSR count). The van der Waals surface area contributed by atoms with E-state index in [9.17, 15) is 10.1 Å². The van der Waals surface area contributed by atoms with Gasteiger partial charge >= 0.3 is 0 Å². The normalized spacial score (nSPS) is 17.4. The summed E-state index contributed by atoms with van der Waals surface area (Å²) in [5.74, 6) is 1.36. The molecule has 1 aliphatic rings. The van der Waals surface area contributed by atoms with Gasteiger partial charge in [0.2, 0.25) is 5.91 Å². The molecule has 0 spiro atoms. The van der Waals surface area contributed by atoms with Gasteiger partial charge in [-0.25, -0.2) is 0 Å². The van der Waals surface area contributed by atoms with Crippen LogP contribution >= 0.6 is 23.1 Å². The molecule has 0 aliphatic heterocycles. The van der Waals surface area contributed by atoms with Crippen LogP contribution in [0.15, 0.2) is 0 Å². The Morgan fingerprint density at radius 2 is 2.26 bits per heavy atom. The minimum Gasteiger partial charge on any atom is -0.396 e. The molecule has 0 radical (unpaired) electrons. The number of nitrogens with one attached hydrogen (secondary N) is 1. The van der Waals surface area contributed by atoms with Crippen LogP contribution in [0.1, 0.15) is 43.2 Å². The van der Waals surface area contributed by atoms with Crippen LogP contribution in [-0.4, -0.2) is 29.1 Å². The first-order valence-corrected chi connectivity index (χ1v) is 9.87. The smallest absolute Gasteiger partial charge is 0.235 e. The third kappa shape index (κ3) is 4.50. The van der Waals surface area contributed by atoms with Gasteiger partial charge < -0.3 is 10.4 Å². The quantitative estimate of drug-likeness (QED) is 0.796. The van der Waals surface area contributed by atoms with E-state index in [2.05, 4.69) is 32.2 Å². The van der Waals surface area contributed by atoms with Crippen molar-refractivity contribution in [2.45, 2.75) is 40.0 Å². The number of aliphatic hydroxyl groups is 1. The SMILES string of the molecule is CC(C)(C)C1CCc2c(sc(NC(=O)CSCCO)c2C#N)C1. The highest BCUT2D eigenvalue weighted by Gasteiger charge is 2.32. The van der Waals surface area contributed by atoms with Gasteiger partial charge in [-0.1, -0.05) is 20.8 Å². The van der Waals surface area contributed by atoms with Gasteiger partial charge in [-0.2, -0.15) is 5.26 Å². The van der Waals surface area contributed by atoms with Gasteiger partial charge in [0.1, 0.15) is 11.1 Å². The number of hydrogen-bond donors (Lipinski definition) is 2. The summed E-state index contributed by atoms with van der Waals surface area (Å²) in [6.45, 7) is 6.87. The monoisotopic (exact) mass is 352 g/mol. The van der Waals surface area contributed by atoms with Crippen molar-refractivity contribution in [3.05, 3.63) is 16.0 Å². The molecule has 1 aromatic rings. The highest BCUT2D eigenvalue weighted by atomic mass is 32.2. The lowest BCUT2D eigenvalue weighted by Crippen LogP contribution is -2.26. The van der Waals surface area contributed by atoms with E-state index in [1.54, 1.807) is 11.3 Å². The first-order chi connectivity index (χ1) is 10.9. The number of carbonyl (C=O) groups is 1. The fourth-order valence-electron chi connectivity index (χ4n) is 2.92. The molecule has 2 N–H and O–H groups in total. The molecule has 126 valence electrons. The maximum Gasteiger partial charge on any atom is 0.235 e. The van der Waals surface area contributed by atoms with Gasteiger partial charge in [-0.3, -0.25) is 4.79 Å². The molecule has 0 aromatic carbocycles. The molecule has 1 atom stereocenters. The molecule has 6 heteroatoms. The fourth-order valence-corrected chi connectivity index (χ4v) is 4.75. The molecule has 4 nitrogen and oxygen atoms in total. The summed E-state index contributed by atoms with van der Waals surface area (Å²) in [5, 5.41) is 21.8. The van der Waals surface area contributed by atoms with Gasteiger partial charge in [-0.05, 0) is 36.2 Å². The van der Waals surface area contributed by atoms with Crippen molar-refractivity contribution >= 4 is 34.0 Å². The highest BCUT2D eigenvalue weighted by Crippen LogP contribution is 2.43. The molecule has 1 heterocycles. The topological polar surface area (TPSA) is 73.1 Å². The third-order valence-electron chi connectivity index (χ3n) is 4.32. The lowest BCUT2D eigenvalue weighted by atomic mass is 9.72. The van der Waals surface area contributed by atoms with Crippen LogP contribution in [0.5, 0.6) is 0 Å². The molecule has 0 saturated carbocycles. The number of aliphatic hydroxyl groups excluding tert-OH is 1. The third-order valence-corrected chi connectivity index (χ3v) is 6.43. The van der Waals surface area contributed by atoms with Crippen LogP contribution in [0.25, 0.3) is 0 Å². The molecule has 23 heavy (non-hydrogen) atoms. The number of fused-ring (bicyclic) bond motifs is 1. The Morgan fingerprint density at radius 1 is 1.52 bits per heavy atom. The number of hydrogen-bond acceptors (Lipinski definition) is 5. The highest BCUT2D eigenvalue weighted by molar-refractivity contribution is 7.99. The maximum atomic E-state index is 12.0. The second kappa shape index (κ2) is 7.69. The van der Waals surface area contributed by atoms with Gasteiger partial charge in [0.15, 0.2) is 0 Å². The maximum absolute atomic E-state index is 12.0. The molecule has 0 bridgehead atoms. The Kier molecular flexibility index (Phi) is 6.12. The summed E-state index contributed by atoms with van der Waals surface area (Å²) in [4.78, 5) is 13.2. The molecular formula is C17H24N2O2S2. The summed E-state index contributed by atoms with van der Waals surface area (Å²) in [5.41, 5.74) is 2.05. The van der Waals surface area contributed by atoms with E-state index in [0.29, 0.717) is 28.0 Å².